The van der Waals surface area contributed by atoms with Gasteiger partial charge >= 0.3 is 5.97 Å². The number of nitrogens with two attached hydrogens (primary N) is 1. The molecule has 0 fully saturated rings. The van der Waals surface area contributed by atoms with E-state index in [0.29, 0.717) is 22.6 Å². The van der Waals surface area contributed by atoms with Gasteiger partial charge in [0.1, 0.15) is 23.9 Å². The van der Waals surface area contributed by atoms with Crippen LogP contribution in [0.1, 0.15) is 16.1 Å². The van der Waals surface area contributed by atoms with Crippen LogP contribution in [0.2, 0.25) is 0 Å². The number of methoxy groups -OCH3 is 1. The first-order chi connectivity index (χ1) is 11.1. The summed E-state index contributed by atoms with van der Waals surface area (Å²) in [4.78, 5) is 14.6. The zero-order chi connectivity index (χ0) is 16.4. The Morgan fingerprint density at radius 3 is 2.65 bits per heavy atom. The number of hydrogen-bond acceptors (Lipinski definition) is 4. The standard InChI is InChI=1S/C17H15FN2O3/c1-22-17(21)15-8-13-14(20-15)6-12(19)7-16(13)23-9-10-2-4-11(18)5-3-10/h2-8,20H,9,19H2,1H3. The van der Waals surface area contributed by atoms with Gasteiger partial charge in [-0.2, -0.15) is 0 Å². The molecular weight excluding hydrogens is 299 g/mol. The molecule has 6 heteroatoms. The van der Waals surface area contributed by atoms with E-state index in [1.54, 1.807) is 30.3 Å². The summed E-state index contributed by atoms with van der Waals surface area (Å²) in [6, 6.07) is 11.1. The van der Waals surface area contributed by atoms with Gasteiger partial charge in [0.2, 0.25) is 0 Å². The Labute approximate surface area is 131 Å². The molecule has 3 aromatic rings. The zero-order valence-electron chi connectivity index (χ0n) is 12.4. The number of aromatic amines is 1. The Bertz CT molecular complexity index is 856. The van der Waals surface area contributed by atoms with Crippen LogP contribution in [0.3, 0.4) is 0 Å². The van der Waals surface area contributed by atoms with Crippen LogP contribution < -0.4 is 10.5 Å². The maximum Gasteiger partial charge on any atom is 0.354 e. The Morgan fingerprint density at radius 2 is 1.96 bits per heavy atom. The monoisotopic (exact) mass is 314 g/mol. The van der Waals surface area contributed by atoms with Crippen molar-refractivity contribution in [2.75, 3.05) is 12.8 Å². The summed E-state index contributed by atoms with van der Waals surface area (Å²) in [5.41, 5.74) is 8.19. The van der Waals surface area contributed by atoms with E-state index in [4.69, 9.17) is 15.2 Å². The van der Waals surface area contributed by atoms with Crippen molar-refractivity contribution < 1.29 is 18.7 Å². The first kappa shape index (κ1) is 14.9. The third-order valence-electron chi connectivity index (χ3n) is 3.44. The van der Waals surface area contributed by atoms with Gasteiger partial charge in [-0.15, -0.1) is 0 Å². The molecule has 0 saturated heterocycles. The number of hydrogen-bond donors (Lipinski definition) is 2. The summed E-state index contributed by atoms with van der Waals surface area (Å²) in [5.74, 6) is -0.228. The minimum absolute atomic E-state index is 0.261. The SMILES string of the molecule is COC(=O)c1cc2c(OCc3ccc(F)cc3)cc(N)cc2[nH]1. The fourth-order valence-corrected chi connectivity index (χ4v) is 2.31. The normalized spacial score (nSPS) is 10.7. The van der Waals surface area contributed by atoms with Gasteiger partial charge in [-0.3, -0.25) is 0 Å². The molecule has 0 saturated carbocycles. The molecule has 1 aromatic heterocycles. The van der Waals surface area contributed by atoms with Crippen molar-refractivity contribution in [3.8, 4) is 5.75 Å². The molecule has 0 unspecified atom stereocenters. The highest BCUT2D eigenvalue weighted by Crippen LogP contribution is 2.30. The van der Waals surface area contributed by atoms with Crippen molar-refractivity contribution in [2.24, 2.45) is 0 Å². The van der Waals surface area contributed by atoms with E-state index in [1.807, 2.05) is 0 Å². The van der Waals surface area contributed by atoms with Gasteiger partial charge in [-0.1, -0.05) is 12.1 Å². The number of fused-ring (bicyclic) bond motifs is 1. The van der Waals surface area contributed by atoms with Gasteiger partial charge in [0, 0.05) is 17.1 Å². The molecular formula is C17H15FN2O3. The second kappa shape index (κ2) is 6.00. The number of esters is 1. The maximum absolute atomic E-state index is 12.9. The van der Waals surface area contributed by atoms with E-state index in [2.05, 4.69) is 4.98 Å². The summed E-state index contributed by atoms with van der Waals surface area (Å²) in [6.45, 7) is 0.261. The average Bonchev–Trinajstić information content (AvgIpc) is 2.97. The Kier molecular flexibility index (Phi) is 3.89. The Balaban J connectivity index is 1.91. The minimum atomic E-state index is -0.468. The van der Waals surface area contributed by atoms with Gasteiger partial charge in [0.25, 0.3) is 0 Å². The van der Waals surface area contributed by atoms with Crippen molar-refractivity contribution in [1.29, 1.82) is 0 Å². The highest BCUT2D eigenvalue weighted by Gasteiger charge is 2.13. The fourth-order valence-electron chi connectivity index (χ4n) is 2.31. The van der Waals surface area contributed by atoms with E-state index >= 15 is 0 Å². The van der Waals surface area contributed by atoms with E-state index in [9.17, 15) is 9.18 Å². The summed E-state index contributed by atoms with van der Waals surface area (Å²) >= 11 is 0. The second-order valence-corrected chi connectivity index (χ2v) is 5.07. The van der Waals surface area contributed by atoms with E-state index in [0.717, 1.165) is 10.9 Å². The fraction of sp³-hybridized carbons (Fsp3) is 0.118. The van der Waals surface area contributed by atoms with Crippen LogP contribution in [-0.4, -0.2) is 18.1 Å². The molecule has 3 rings (SSSR count). The predicted octanol–water partition coefficient (Wildman–Crippen LogP) is 3.25. The second-order valence-electron chi connectivity index (χ2n) is 5.07. The summed E-state index contributed by atoms with van der Waals surface area (Å²) in [6.07, 6.45) is 0. The average molecular weight is 314 g/mol. The molecule has 0 spiro atoms. The maximum atomic E-state index is 12.9. The van der Waals surface area contributed by atoms with E-state index in [1.165, 1.54) is 19.2 Å². The molecule has 0 amide bonds. The number of carbonyl (C=O) groups excluding carboxylic acids is 1. The summed E-state index contributed by atoms with van der Waals surface area (Å²) in [7, 11) is 1.31. The van der Waals surface area contributed by atoms with Crippen molar-refractivity contribution >= 4 is 22.6 Å². The van der Waals surface area contributed by atoms with Crippen LogP contribution in [0.4, 0.5) is 10.1 Å². The van der Waals surface area contributed by atoms with Gasteiger partial charge in [-0.05, 0) is 29.8 Å². The first-order valence-corrected chi connectivity index (χ1v) is 6.94. The smallest absolute Gasteiger partial charge is 0.354 e. The zero-order valence-corrected chi connectivity index (χ0v) is 12.4. The lowest BCUT2D eigenvalue weighted by Crippen LogP contribution is -2.00. The topological polar surface area (TPSA) is 77.3 Å². The molecule has 2 aromatic carbocycles. The number of ether oxygens (including phenoxy) is 2. The molecule has 0 radical (unpaired) electrons. The molecule has 0 bridgehead atoms. The summed E-state index contributed by atoms with van der Waals surface area (Å²) in [5, 5.41) is 0.724. The third kappa shape index (κ3) is 3.11. The quantitative estimate of drug-likeness (QED) is 0.572. The lowest BCUT2D eigenvalue weighted by molar-refractivity contribution is 0.0595. The lowest BCUT2D eigenvalue weighted by Gasteiger charge is -2.08. The van der Waals surface area contributed by atoms with Gasteiger partial charge < -0.3 is 20.2 Å². The lowest BCUT2D eigenvalue weighted by atomic mass is 10.2. The molecule has 3 N–H and O–H groups in total. The minimum Gasteiger partial charge on any atom is -0.488 e. The van der Waals surface area contributed by atoms with Gasteiger partial charge in [0.05, 0.1) is 12.6 Å². The van der Waals surface area contributed by atoms with E-state index < -0.39 is 5.97 Å². The van der Waals surface area contributed by atoms with Crippen LogP contribution >= 0.6 is 0 Å². The Hall–Kier alpha value is -3.02. The summed E-state index contributed by atoms with van der Waals surface area (Å²) < 4.78 is 23.4. The number of benzene rings is 2. The number of anilines is 1. The highest BCUT2D eigenvalue weighted by atomic mass is 19.1. The van der Waals surface area contributed by atoms with Crippen LogP contribution in [0.5, 0.6) is 5.75 Å². The molecule has 118 valence electrons. The number of rotatable bonds is 4. The highest BCUT2D eigenvalue weighted by molar-refractivity contribution is 5.98. The van der Waals surface area contributed by atoms with Crippen LogP contribution in [0.15, 0.2) is 42.5 Å². The van der Waals surface area contributed by atoms with Crippen molar-refractivity contribution in [1.82, 2.24) is 4.98 Å². The van der Waals surface area contributed by atoms with E-state index in [-0.39, 0.29) is 12.4 Å². The molecule has 0 aliphatic heterocycles. The Morgan fingerprint density at radius 1 is 1.22 bits per heavy atom. The van der Waals surface area contributed by atoms with Crippen molar-refractivity contribution in [3.63, 3.8) is 0 Å². The van der Waals surface area contributed by atoms with Crippen LogP contribution in [-0.2, 0) is 11.3 Å². The molecule has 0 aliphatic rings. The van der Waals surface area contributed by atoms with Crippen molar-refractivity contribution in [2.45, 2.75) is 6.61 Å². The number of nitrogens with one attached hydrogen (secondary N) is 1. The number of H-pyrrole nitrogens is 1. The predicted molar refractivity (Wildman–Crippen MR) is 84.8 cm³/mol. The number of nitrogen functional groups attached to an aromatic ring is 1. The van der Waals surface area contributed by atoms with Gasteiger partial charge in [0.15, 0.2) is 0 Å². The largest absolute Gasteiger partial charge is 0.488 e. The molecule has 1 heterocycles. The molecule has 0 aliphatic carbocycles. The third-order valence-corrected chi connectivity index (χ3v) is 3.44. The van der Waals surface area contributed by atoms with Crippen molar-refractivity contribution in [3.05, 3.63) is 59.5 Å². The molecule has 0 atom stereocenters. The number of halogens is 1. The van der Waals surface area contributed by atoms with Crippen LogP contribution in [0, 0.1) is 5.82 Å². The number of carbonyl (C=O) groups is 1. The molecule has 5 nitrogen and oxygen atoms in total. The molecule has 23 heavy (non-hydrogen) atoms. The first-order valence-electron chi connectivity index (χ1n) is 6.94. The van der Waals surface area contributed by atoms with Gasteiger partial charge in [-0.25, -0.2) is 9.18 Å². The number of aromatic nitrogens is 1. The van der Waals surface area contributed by atoms with Crippen LogP contribution in [0.25, 0.3) is 10.9 Å².